The predicted molar refractivity (Wildman–Crippen MR) is 174 cm³/mol. The van der Waals surface area contributed by atoms with Gasteiger partial charge in [-0.1, -0.05) is 24.3 Å². The maximum absolute atomic E-state index is 13.7. The number of imidazole rings is 1. The molecule has 0 amide bonds. The van der Waals surface area contributed by atoms with Gasteiger partial charge >= 0.3 is 6.18 Å². The van der Waals surface area contributed by atoms with Crippen LogP contribution >= 0.6 is 0 Å². The monoisotopic (exact) mass is 670 g/mol. The number of benzene rings is 2. The molecule has 0 N–H and O–H groups in total. The molecule has 0 radical (unpaired) electrons. The zero-order valence-electron chi connectivity index (χ0n) is 27.3. The van der Waals surface area contributed by atoms with Gasteiger partial charge in [0.15, 0.2) is 17.2 Å². The van der Waals surface area contributed by atoms with Crippen LogP contribution in [0.2, 0.25) is 0 Å². The molecule has 2 aromatic carbocycles. The van der Waals surface area contributed by atoms with Crippen LogP contribution in [0, 0.1) is 0 Å². The number of alkyl halides is 3. The minimum atomic E-state index is -4.58. The molecule has 1 fully saturated rings. The highest BCUT2D eigenvalue weighted by molar-refractivity contribution is 5.77. The average molecular weight is 671 g/mol. The summed E-state index contributed by atoms with van der Waals surface area (Å²) < 4.78 is 61.6. The Labute approximate surface area is 279 Å². The van der Waals surface area contributed by atoms with Crippen LogP contribution < -0.4 is 14.2 Å². The summed E-state index contributed by atoms with van der Waals surface area (Å²) in [6.45, 7) is 4.08. The molecule has 0 bridgehead atoms. The molecular formula is C35H33F3N8O3. The number of halogens is 3. The van der Waals surface area contributed by atoms with Crippen LogP contribution in [-0.4, -0.2) is 53.5 Å². The Bertz CT molecular complexity index is 2120. The lowest BCUT2D eigenvalue weighted by molar-refractivity contribution is -0.140. The van der Waals surface area contributed by atoms with Gasteiger partial charge < -0.3 is 18.8 Å². The molecular weight excluding hydrogens is 637 g/mol. The van der Waals surface area contributed by atoms with Gasteiger partial charge in [0, 0.05) is 35.5 Å². The lowest BCUT2D eigenvalue weighted by Gasteiger charge is -2.16. The lowest BCUT2D eigenvalue weighted by atomic mass is 10.1. The van der Waals surface area contributed by atoms with E-state index in [-0.39, 0.29) is 25.0 Å². The van der Waals surface area contributed by atoms with E-state index < -0.39 is 11.9 Å². The highest BCUT2D eigenvalue weighted by Gasteiger charge is 2.35. The number of hydrogen-bond donors (Lipinski definition) is 0. The fourth-order valence-electron chi connectivity index (χ4n) is 5.66. The summed E-state index contributed by atoms with van der Waals surface area (Å²) in [4.78, 5) is 22.3. The van der Waals surface area contributed by atoms with Gasteiger partial charge in [-0.2, -0.15) is 18.3 Å². The van der Waals surface area contributed by atoms with Crippen molar-refractivity contribution in [1.29, 1.82) is 0 Å². The van der Waals surface area contributed by atoms with Gasteiger partial charge in [0.1, 0.15) is 35.8 Å². The van der Waals surface area contributed by atoms with Crippen LogP contribution in [0.4, 0.5) is 13.2 Å². The average Bonchev–Trinajstić information content (AvgIpc) is 3.71. The summed E-state index contributed by atoms with van der Waals surface area (Å²) in [5.41, 5.74) is 3.24. The molecule has 1 aliphatic carbocycles. The molecule has 7 rings (SSSR count). The zero-order chi connectivity index (χ0) is 34.3. The van der Waals surface area contributed by atoms with Crippen molar-refractivity contribution >= 4 is 11.0 Å². The molecule has 6 aromatic rings. The van der Waals surface area contributed by atoms with Crippen LogP contribution in [0.15, 0.2) is 67.4 Å². The van der Waals surface area contributed by atoms with E-state index in [2.05, 4.69) is 25.0 Å². The minimum absolute atomic E-state index is 0.190. The normalized spacial score (nSPS) is 13.3. The number of ether oxygens (including phenoxy) is 3. The molecule has 1 saturated carbocycles. The molecule has 252 valence electrons. The first-order valence-corrected chi connectivity index (χ1v) is 15.8. The summed E-state index contributed by atoms with van der Waals surface area (Å²) >= 11 is 0. The molecule has 49 heavy (non-hydrogen) atoms. The Morgan fingerprint density at radius 3 is 2.43 bits per heavy atom. The Balaban J connectivity index is 1.28. The number of methoxy groups -OCH3 is 2. The van der Waals surface area contributed by atoms with Crippen molar-refractivity contribution in [1.82, 2.24) is 39.3 Å². The Hall–Kier alpha value is -5.53. The van der Waals surface area contributed by atoms with Crippen molar-refractivity contribution in [2.24, 2.45) is 0 Å². The SMILES string of the molecule is COc1ccc(COc2cc(-c3nc(C(F)(F)F)cn3C(C)C)ccc2Cn2ncc3cnc(-c4c(OC)ncnc4C4CC4)nc32)cc1. The van der Waals surface area contributed by atoms with Gasteiger partial charge in [-0.25, -0.2) is 29.6 Å². The van der Waals surface area contributed by atoms with Crippen LogP contribution in [0.25, 0.3) is 33.8 Å². The largest absolute Gasteiger partial charge is 0.497 e. The van der Waals surface area contributed by atoms with Crippen LogP contribution in [-0.2, 0) is 19.3 Å². The van der Waals surface area contributed by atoms with Gasteiger partial charge in [0.05, 0.1) is 38.0 Å². The van der Waals surface area contributed by atoms with Crippen molar-refractivity contribution in [3.8, 4) is 40.2 Å². The second kappa shape index (κ2) is 12.8. The van der Waals surface area contributed by atoms with Gasteiger partial charge in [-0.3, -0.25) is 0 Å². The second-order valence-electron chi connectivity index (χ2n) is 12.1. The maximum Gasteiger partial charge on any atom is 0.434 e. The van der Waals surface area contributed by atoms with E-state index >= 15 is 0 Å². The van der Waals surface area contributed by atoms with Crippen molar-refractivity contribution in [3.63, 3.8) is 0 Å². The van der Waals surface area contributed by atoms with E-state index in [9.17, 15) is 13.2 Å². The Kier molecular flexibility index (Phi) is 8.38. The summed E-state index contributed by atoms with van der Waals surface area (Å²) in [7, 11) is 3.15. The molecule has 0 unspecified atom stereocenters. The molecule has 4 heterocycles. The third kappa shape index (κ3) is 6.50. The van der Waals surface area contributed by atoms with E-state index in [4.69, 9.17) is 19.2 Å². The second-order valence-corrected chi connectivity index (χ2v) is 12.1. The highest BCUT2D eigenvalue weighted by Crippen LogP contribution is 2.45. The molecule has 0 saturated heterocycles. The smallest absolute Gasteiger partial charge is 0.434 e. The topological polar surface area (TPSA) is 115 Å². The van der Waals surface area contributed by atoms with Crippen LogP contribution in [0.3, 0.4) is 0 Å². The third-order valence-corrected chi connectivity index (χ3v) is 8.38. The number of nitrogens with zero attached hydrogens (tertiary/aromatic N) is 8. The number of aromatic nitrogens is 8. The lowest BCUT2D eigenvalue weighted by Crippen LogP contribution is -2.08. The molecule has 11 nitrogen and oxygen atoms in total. The first-order chi connectivity index (χ1) is 23.6. The number of rotatable bonds is 11. The van der Waals surface area contributed by atoms with E-state index in [1.807, 2.05) is 44.2 Å². The van der Waals surface area contributed by atoms with Crippen molar-refractivity contribution in [3.05, 3.63) is 89.9 Å². The van der Waals surface area contributed by atoms with E-state index in [0.717, 1.165) is 41.2 Å². The van der Waals surface area contributed by atoms with Gasteiger partial charge in [0.2, 0.25) is 5.88 Å². The maximum atomic E-state index is 13.7. The van der Waals surface area contributed by atoms with Gasteiger partial charge in [-0.05, 0) is 50.5 Å². The molecule has 1 aliphatic rings. The fraction of sp³-hybridized carbons (Fsp3) is 0.314. The molecule has 0 aliphatic heterocycles. The third-order valence-electron chi connectivity index (χ3n) is 8.38. The van der Waals surface area contributed by atoms with E-state index in [0.29, 0.717) is 45.9 Å². The van der Waals surface area contributed by atoms with Gasteiger partial charge in [-0.15, -0.1) is 0 Å². The highest BCUT2D eigenvalue weighted by atomic mass is 19.4. The molecule has 4 aromatic heterocycles. The summed E-state index contributed by atoms with van der Waals surface area (Å²) in [5.74, 6) is 2.51. The van der Waals surface area contributed by atoms with E-state index in [1.165, 1.54) is 10.9 Å². The quantitative estimate of drug-likeness (QED) is 0.140. The van der Waals surface area contributed by atoms with Crippen molar-refractivity contribution in [2.75, 3.05) is 14.2 Å². The number of hydrogen-bond acceptors (Lipinski definition) is 9. The number of fused-ring (bicyclic) bond motifs is 1. The van der Waals surface area contributed by atoms with Crippen molar-refractivity contribution < 1.29 is 27.4 Å². The summed E-state index contributed by atoms with van der Waals surface area (Å²) in [5, 5.41) is 5.33. The van der Waals surface area contributed by atoms with E-state index in [1.54, 1.807) is 43.4 Å². The standard InChI is InChI=1S/C35H33F3N8O3/c1-20(2)45-17-28(35(36,37)38)43-32(45)23-9-10-24(27(13-23)49-18-21-5-11-26(47-3)12-6-21)16-46-33-25(15-42-46)14-39-31(44-33)29-30(22-7-8-22)40-19-41-34(29)48-4/h5-6,9-15,17,19-20,22H,7-8,16,18H2,1-4H3. The van der Waals surface area contributed by atoms with Crippen LogP contribution in [0.5, 0.6) is 17.4 Å². The fourth-order valence-corrected chi connectivity index (χ4v) is 5.66. The zero-order valence-corrected chi connectivity index (χ0v) is 27.3. The molecule has 0 spiro atoms. The van der Waals surface area contributed by atoms with Crippen molar-refractivity contribution in [2.45, 2.75) is 58.0 Å². The Morgan fingerprint density at radius 2 is 1.73 bits per heavy atom. The molecule has 14 heteroatoms. The first-order valence-electron chi connectivity index (χ1n) is 15.8. The predicted octanol–water partition coefficient (Wildman–Crippen LogP) is 7.27. The molecule has 0 atom stereocenters. The first kappa shape index (κ1) is 32.0. The summed E-state index contributed by atoms with van der Waals surface area (Å²) in [6.07, 6.45) is 3.39. The van der Waals surface area contributed by atoms with Crippen LogP contribution in [0.1, 0.15) is 61.2 Å². The Morgan fingerprint density at radius 1 is 0.939 bits per heavy atom. The minimum Gasteiger partial charge on any atom is -0.497 e. The summed E-state index contributed by atoms with van der Waals surface area (Å²) in [6, 6.07) is 12.5. The van der Waals surface area contributed by atoms with Gasteiger partial charge in [0.25, 0.3) is 0 Å².